The number of nitrogens with zero attached hydrogens (tertiary/aromatic N) is 1. The third-order valence-corrected chi connectivity index (χ3v) is 3.58. The zero-order chi connectivity index (χ0) is 16.2. The van der Waals surface area contributed by atoms with Gasteiger partial charge in [-0.15, -0.1) is 0 Å². The predicted molar refractivity (Wildman–Crippen MR) is 92.1 cm³/mol. The number of amides is 1. The number of carbonyl (C=O) groups excluding carboxylic acids is 1. The minimum absolute atomic E-state index is 0.514. The highest BCUT2D eigenvalue weighted by atomic mass is 35.5. The van der Waals surface area contributed by atoms with Crippen molar-refractivity contribution in [2.24, 2.45) is 0 Å². The van der Waals surface area contributed by atoms with Crippen LogP contribution in [0.5, 0.6) is 0 Å². The van der Waals surface area contributed by atoms with Gasteiger partial charge in [-0.25, -0.2) is 4.79 Å². The van der Waals surface area contributed by atoms with E-state index >= 15 is 0 Å². The minimum Gasteiger partial charge on any atom is -0.444 e. The van der Waals surface area contributed by atoms with Crippen molar-refractivity contribution >= 4 is 45.8 Å². The number of halogens is 1. The first kappa shape index (κ1) is 16.5. The Morgan fingerprint density at radius 1 is 1.41 bits per heavy atom. The molecule has 0 bridgehead atoms. The summed E-state index contributed by atoms with van der Waals surface area (Å²) >= 11 is 7.86. The lowest BCUT2D eigenvalue weighted by molar-refractivity contribution is 0.0636. The molecule has 0 saturated heterocycles. The van der Waals surface area contributed by atoms with Gasteiger partial charge in [-0.05, 0) is 49.7 Å². The van der Waals surface area contributed by atoms with E-state index in [4.69, 9.17) is 16.3 Å². The lowest BCUT2D eigenvalue weighted by atomic mass is 10.2. The fourth-order valence-corrected chi connectivity index (χ4v) is 2.62. The maximum absolute atomic E-state index is 11.9. The molecule has 2 aromatic rings. The normalized spacial score (nSPS) is 12.1. The molecule has 1 N–H and O–H groups in total. The van der Waals surface area contributed by atoms with Crippen LogP contribution in [0.1, 0.15) is 31.9 Å². The third kappa shape index (κ3) is 4.86. The lowest BCUT2D eigenvalue weighted by Gasteiger charge is -2.20. The Labute approximate surface area is 138 Å². The maximum Gasteiger partial charge on any atom is 0.412 e. The van der Waals surface area contributed by atoms with Crippen LogP contribution in [0.25, 0.3) is 11.1 Å². The first-order chi connectivity index (χ1) is 10.3. The molecule has 0 radical (unpaired) electrons. The van der Waals surface area contributed by atoms with Gasteiger partial charge in [-0.1, -0.05) is 11.6 Å². The number of hydrogen-bond acceptors (Lipinski definition) is 4. The Morgan fingerprint density at radius 2 is 2.18 bits per heavy atom. The number of nitrogens with one attached hydrogen (secondary N) is 1. The summed E-state index contributed by atoms with van der Waals surface area (Å²) in [4.78, 5) is 16.0. The molecule has 22 heavy (non-hydrogen) atoms. The van der Waals surface area contributed by atoms with Crippen molar-refractivity contribution in [2.75, 3.05) is 5.32 Å². The number of aromatic nitrogens is 1. The molecule has 116 valence electrons. The third-order valence-electron chi connectivity index (χ3n) is 2.57. The summed E-state index contributed by atoms with van der Waals surface area (Å²) in [7, 11) is 0. The molecule has 4 nitrogen and oxygen atoms in total. The van der Waals surface area contributed by atoms with Gasteiger partial charge in [0.25, 0.3) is 0 Å². The topological polar surface area (TPSA) is 51.2 Å². The van der Waals surface area contributed by atoms with E-state index in [2.05, 4.69) is 10.3 Å². The highest BCUT2D eigenvalue weighted by Gasteiger charge is 2.17. The highest BCUT2D eigenvalue weighted by molar-refractivity contribution is 7.08. The van der Waals surface area contributed by atoms with E-state index in [0.717, 1.165) is 5.56 Å². The number of pyridine rings is 1. The van der Waals surface area contributed by atoms with Crippen LogP contribution < -0.4 is 5.32 Å². The molecule has 0 fully saturated rings. The van der Waals surface area contributed by atoms with Crippen molar-refractivity contribution in [2.45, 2.75) is 26.4 Å². The molecule has 6 heteroatoms. The van der Waals surface area contributed by atoms with Gasteiger partial charge in [-0.2, -0.15) is 11.3 Å². The van der Waals surface area contributed by atoms with Gasteiger partial charge in [0.05, 0.1) is 5.69 Å². The maximum atomic E-state index is 11.9. The molecular weight excluding hydrogens is 320 g/mol. The standard InChI is InChI=1S/C16H17ClN2O2S/c1-16(2,3)21-15(20)19-14-4-6-18-9-12(14)8-13(17)11-5-7-22-10-11/h4-10H,1-3H3,(H,18,19,20)/b13-8-. The van der Waals surface area contributed by atoms with Gasteiger partial charge in [0.1, 0.15) is 5.60 Å². The van der Waals surface area contributed by atoms with Crippen LogP contribution in [-0.2, 0) is 4.74 Å². The number of ether oxygens (including phenoxy) is 1. The second-order valence-electron chi connectivity index (χ2n) is 5.59. The Bertz CT molecular complexity index is 676. The fourth-order valence-electron chi connectivity index (χ4n) is 1.67. The van der Waals surface area contributed by atoms with Crippen molar-refractivity contribution in [1.29, 1.82) is 0 Å². The summed E-state index contributed by atoms with van der Waals surface area (Å²) in [6.07, 6.45) is 4.49. The van der Waals surface area contributed by atoms with Crippen LogP contribution in [0, 0.1) is 0 Å². The average molecular weight is 337 g/mol. The van der Waals surface area contributed by atoms with E-state index in [-0.39, 0.29) is 0 Å². The van der Waals surface area contributed by atoms with Crippen LogP contribution in [0.2, 0.25) is 0 Å². The number of rotatable bonds is 3. The smallest absolute Gasteiger partial charge is 0.412 e. The molecule has 0 saturated carbocycles. The van der Waals surface area contributed by atoms with E-state index < -0.39 is 11.7 Å². The van der Waals surface area contributed by atoms with E-state index in [1.165, 1.54) is 0 Å². The first-order valence-corrected chi connectivity index (χ1v) is 8.01. The van der Waals surface area contributed by atoms with Crippen molar-refractivity contribution in [3.05, 3.63) is 46.4 Å². The molecule has 0 aromatic carbocycles. The van der Waals surface area contributed by atoms with Gasteiger partial charge >= 0.3 is 6.09 Å². The molecule has 0 spiro atoms. The molecule has 1 amide bonds. The van der Waals surface area contributed by atoms with Gasteiger partial charge in [-0.3, -0.25) is 10.3 Å². The van der Waals surface area contributed by atoms with Gasteiger partial charge in [0, 0.05) is 28.6 Å². The number of thiophene rings is 1. The van der Waals surface area contributed by atoms with E-state index in [1.54, 1.807) is 35.9 Å². The van der Waals surface area contributed by atoms with Crippen LogP contribution in [0.15, 0.2) is 35.3 Å². The van der Waals surface area contributed by atoms with Crippen LogP contribution in [0.4, 0.5) is 10.5 Å². The molecule has 2 aromatic heterocycles. The molecule has 0 aliphatic carbocycles. The summed E-state index contributed by atoms with van der Waals surface area (Å²) in [5.41, 5.74) is 1.68. The van der Waals surface area contributed by atoms with Crippen molar-refractivity contribution < 1.29 is 9.53 Å². The molecule has 2 rings (SSSR count). The largest absolute Gasteiger partial charge is 0.444 e. The second-order valence-corrected chi connectivity index (χ2v) is 6.78. The molecule has 0 atom stereocenters. The zero-order valence-electron chi connectivity index (χ0n) is 12.6. The first-order valence-electron chi connectivity index (χ1n) is 6.69. The van der Waals surface area contributed by atoms with Crippen LogP contribution in [-0.4, -0.2) is 16.7 Å². The van der Waals surface area contributed by atoms with Crippen LogP contribution >= 0.6 is 22.9 Å². The average Bonchev–Trinajstić information content (AvgIpc) is 2.92. The van der Waals surface area contributed by atoms with Crippen molar-refractivity contribution in [3.8, 4) is 0 Å². The van der Waals surface area contributed by atoms with Crippen molar-refractivity contribution in [3.63, 3.8) is 0 Å². The summed E-state index contributed by atoms with van der Waals surface area (Å²) in [5, 5.41) is 7.21. The zero-order valence-corrected chi connectivity index (χ0v) is 14.2. The molecule has 0 unspecified atom stereocenters. The minimum atomic E-state index is -0.554. The number of hydrogen-bond donors (Lipinski definition) is 1. The molecule has 0 aliphatic rings. The fraction of sp³-hybridized carbons (Fsp3) is 0.250. The SMILES string of the molecule is CC(C)(C)OC(=O)Nc1ccncc1/C=C(\Cl)c1ccsc1. The summed E-state index contributed by atoms with van der Waals surface area (Å²) < 4.78 is 5.25. The summed E-state index contributed by atoms with van der Waals surface area (Å²) in [6, 6.07) is 3.63. The number of anilines is 1. The van der Waals surface area contributed by atoms with Gasteiger partial charge in [0.15, 0.2) is 0 Å². The molecular formula is C16H17ClN2O2S. The predicted octanol–water partition coefficient (Wildman–Crippen LogP) is 5.23. The highest BCUT2D eigenvalue weighted by Crippen LogP contribution is 2.27. The Balaban J connectivity index is 2.20. The quantitative estimate of drug-likeness (QED) is 0.835. The lowest BCUT2D eigenvalue weighted by Crippen LogP contribution is -2.27. The summed E-state index contributed by atoms with van der Waals surface area (Å²) in [6.45, 7) is 5.44. The second kappa shape index (κ2) is 6.94. The monoisotopic (exact) mass is 336 g/mol. The Kier molecular flexibility index (Phi) is 5.21. The van der Waals surface area contributed by atoms with E-state index in [1.807, 2.05) is 37.6 Å². The summed E-state index contributed by atoms with van der Waals surface area (Å²) in [5.74, 6) is 0. The van der Waals surface area contributed by atoms with Crippen molar-refractivity contribution in [1.82, 2.24) is 4.98 Å². The van der Waals surface area contributed by atoms with Gasteiger partial charge < -0.3 is 4.74 Å². The number of carbonyl (C=O) groups is 1. The van der Waals surface area contributed by atoms with E-state index in [0.29, 0.717) is 16.3 Å². The Morgan fingerprint density at radius 3 is 2.82 bits per heavy atom. The molecule has 0 aliphatic heterocycles. The molecule has 2 heterocycles. The van der Waals surface area contributed by atoms with Crippen LogP contribution in [0.3, 0.4) is 0 Å². The Hall–Kier alpha value is -1.85. The van der Waals surface area contributed by atoms with E-state index in [9.17, 15) is 4.79 Å². The van der Waals surface area contributed by atoms with Gasteiger partial charge in [0.2, 0.25) is 0 Å².